The second kappa shape index (κ2) is 10.5. The molecule has 0 saturated carbocycles. The van der Waals surface area contributed by atoms with E-state index in [2.05, 4.69) is 0 Å². The maximum atomic E-state index is 11.4. The molecule has 6 heteroatoms. The van der Waals surface area contributed by atoms with Crippen molar-refractivity contribution in [3.8, 4) is 11.5 Å². The van der Waals surface area contributed by atoms with Crippen LogP contribution in [0.15, 0.2) is 48.5 Å². The number of benzene rings is 3. The maximum Gasteiger partial charge on any atom is 0.305 e. The van der Waals surface area contributed by atoms with Crippen LogP contribution in [-0.2, 0) is 19.1 Å². The maximum absolute atomic E-state index is 11.4. The Morgan fingerprint density at radius 2 is 0.933 bits per heavy atom. The van der Waals surface area contributed by atoms with Gasteiger partial charge < -0.3 is 18.9 Å². The van der Waals surface area contributed by atoms with Crippen molar-refractivity contribution < 1.29 is 28.5 Å². The molecule has 0 unspecified atom stereocenters. The molecular weight excluding hydrogens is 384 g/mol. The first kappa shape index (κ1) is 21.4. The van der Waals surface area contributed by atoms with Crippen molar-refractivity contribution in [2.24, 2.45) is 0 Å². The fourth-order valence-corrected chi connectivity index (χ4v) is 3.16. The quantitative estimate of drug-likeness (QED) is 0.275. The van der Waals surface area contributed by atoms with Crippen LogP contribution in [0.25, 0.3) is 21.5 Å². The number of carbonyl (C=O) groups excluding carboxylic acids is 2. The Hall–Kier alpha value is -3.28. The summed E-state index contributed by atoms with van der Waals surface area (Å²) in [6.45, 7) is 4.41. The van der Waals surface area contributed by atoms with Gasteiger partial charge in [-0.2, -0.15) is 0 Å². The van der Waals surface area contributed by atoms with Crippen LogP contribution in [0.2, 0.25) is 0 Å². The summed E-state index contributed by atoms with van der Waals surface area (Å²) in [5, 5.41) is 3.61. The topological polar surface area (TPSA) is 71.1 Å². The second-order valence-corrected chi connectivity index (χ2v) is 6.59. The van der Waals surface area contributed by atoms with Crippen molar-refractivity contribution in [2.75, 3.05) is 26.4 Å². The highest BCUT2D eigenvalue weighted by molar-refractivity contribution is 6.11. The Balaban J connectivity index is 1.90. The van der Waals surface area contributed by atoms with Gasteiger partial charge in [0.15, 0.2) is 0 Å². The molecule has 0 N–H and O–H groups in total. The van der Waals surface area contributed by atoms with Crippen molar-refractivity contribution in [1.29, 1.82) is 0 Å². The number of hydrogen-bond donors (Lipinski definition) is 0. The van der Waals surface area contributed by atoms with Gasteiger partial charge in [0.05, 0.1) is 0 Å². The number of esters is 2. The number of fused-ring (bicyclic) bond motifs is 2. The van der Waals surface area contributed by atoms with E-state index in [1.807, 2.05) is 48.5 Å². The predicted molar refractivity (Wildman–Crippen MR) is 115 cm³/mol. The van der Waals surface area contributed by atoms with Crippen molar-refractivity contribution in [2.45, 2.75) is 26.7 Å². The van der Waals surface area contributed by atoms with Crippen molar-refractivity contribution >= 4 is 33.5 Å². The van der Waals surface area contributed by atoms with E-state index in [4.69, 9.17) is 18.9 Å². The van der Waals surface area contributed by atoms with E-state index in [0.29, 0.717) is 12.8 Å². The molecule has 30 heavy (non-hydrogen) atoms. The molecule has 0 aliphatic carbocycles. The van der Waals surface area contributed by atoms with Gasteiger partial charge in [-0.25, -0.2) is 0 Å². The van der Waals surface area contributed by atoms with E-state index in [-0.39, 0.29) is 38.4 Å². The highest BCUT2D eigenvalue weighted by atomic mass is 16.6. The first-order valence-corrected chi connectivity index (χ1v) is 10.2. The van der Waals surface area contributed by atoms with Crippen LogP contribution in [0.5, 0.6) is 11.5 Å². The number of hydrogen-bond acceptors (Lipinski definition) is 6. The summed E-state index contributed by atoms with van der Waals surface area (Å²) in [6, 6.07) is 15.6. The molecule has 3 rings (SSSR count). The third-order valence-corrected chi connectivity index (χ3v) is 4.60. The molecule has 3 aromatic carbocycles. The largest absolute Gasteiger partial charge is 0.489 e. The van der Waals surface area contributed by atoms with Crippen molar-refractivity contribution in [3.63, 3.8) is 0 Å². The zero-order valence-electron chi connectivity index (χ0n) is 17.3. The Morgan fingerprint density at radius 1 is 0.600 bits per heavy atom. The summed E-state index contributed by atoms with van der Waals surface area (Å²) >= 11 is 0. The van der Waals surface area contributed by atoms with Gasteiger partial charge in [0, 0.05) is 34.4 Å². The third-order valence-electron chi connectivity index (χ3n) is 4.60. The van der Waals surface area contributed by atoms with E-state index in [0.717, 1.165) is 33.0 Å². The smallest absolute Gasteiger partial charge is 0.305 e. The zero-order chi connectivity index (χ0) is 21.3. The van der Waals surface area contributed by atoms with Crippen molar-refractivity contribution in [1.82, 2.24) is 0 Å². The van der Waals surface area contributed by atoms with E-state index in [9.17, 15) is 9.59 Å². The van der Waals surface area contributed by atoms with E-state index in [1.54, 1.807) is 13.8 Å². The van der Waals surface area contributed by atoms with Crippen LogP contribution >= 0.6 is 0 Å². The summed E-state index contributed by atoms with van der Waals surface area (Å²) in [4.78, 5) is 22.7. The lowest BCUT2D eigenvalue weighted by Crippen LogP contribution is -2.12. The minimum Gasteiger partial charge on any atom is -0.489 e. The summed E-state index contributed by atoms with van der Waals surface area (Å²) in [6.07, 6.45) is 0.678. The van der Waals surface area contributed by atoms with Crippen LogP contribution in [0.1, 0.15) is 26.7 Å². The lowest BCUT2D eigenvalue weighted by atomic mass is 10.0. The van der Waals surface area contributed by atoms with Gasteiger partial charge in [-0.05, 0) is 0 Å². The third kappa shape index (κ3) is 5.00. The van der Waals surface area contributed by atoms with Gasteiger partial charge in [0.25, 0.3) is 0 Å². The molecule has 0 heterocycles. The predicted octanol–water partition coefficient (Wildman–Crippen LogP) is 4.66. The van der Waals surface area contributed by atoms with E-state index in [1.165, 1.54) is 0 Å². The van der Waals surface area contributed by atoms with Gasteiger partial charge in [0.2, 0.25) is 0 Å². The summed E-state index contributed by atoms with van der Waals surface area (Å²) in [5.41, 5.74) is 0. The van der Waals surface area contributed by atoms with Gasteiger partial charge in [-0.3, -0.25) is 9.59 Å². The van der Waals surface area contributed by atoms with Crippen LogP contribution in [0, 0.1) is 0 Å². The molecule has 0 atom stereocenters. The van der Waals surface area contributed by atoms with Crippen LogP contribution in [-0.4, -0.2) is 38.4 Å². The van der Waals surface area contributed by atoms with Gasteiger partial charge in [-0.15, -0.1) is 0 Å². The molecule has 0 saturated heterocycles. The summed E-state index contributed by atoms with van der Waals surface area (Å²) in [5.74, 6) is 0.943. The van der Waals surface area contributed by atoms with Crippen LogP contribution in [0.4, 0.5) is 0 Å². The highest BCUT2D eigenvalue weighted by Crippen LogP contribution is 2.42. The molecule has 0 spiro atoms. The van der Waals surface area contributed by atoms with Crippen molar-refractivity contribution in [3.05, 3.63) is 48.5 Å². The van der Waals surface area contributed by atoms with E-state index >= 15 is 0 Å². The average Bonchev–Trinajstić information content (AvgIpc) is 2.79. The van der Waals surface area contributed by atoms with Crippen LogP contribution < -0.4 is 9.47 Å². The van der Waals surface area contributed by atoms with Gasteiger partial charge in [-0.1, -0.05) is 62.4 Å². The van der Waals surface area contributed by atoms with Gasteiger partial charge in [0.1, 0.15) is 37.9 Å². The molecule has 6 nitrogen and oxygen atoms in total. The molecule has 158 valence electrons. The number of rotatable bonds is 10. The molecule has 0 bridgehead atoms. The lowest BCUT2D eigenvalue weighted by molar-refractivity contribution is -0.144. The van der Waals surface area contributed by atoms with E-state index < -0.39 is 0 Å². The molecule has 0 fully saturated rings. The molecule has 0 aromatic heterocycles. The summed E-state index contributed by atoms with van der Waals surface area (Å²) < 4.78 is 22.4. The molecule has 3 aromatic rings. The lowest BCUT2D eigenvalue weighted by Gasteiger charge is -2.18. The number of ether oxygens (including phenoxy) is 4. The molecular formula is C24H26O6. The molecule has 0 radical (unpaired) electrons. The van der Waals surface area contributed by atoms with Gasteiger partial charge >= 0.3 is 11.9 Å². The monoisotopic (exact) mass is 410 g/mol. The first-order valence-electron chi connectivity index (χ1n) is 10.2. The molecule has 0 aliphatic heterocycles. The zero-order valence-corrected chi connectivity index (χ0v) is 17.3. The minimum atomic E-state index is -0.249. The molecule has 0 amide bonds. The Labute approximate surface area is 175 Å². The Morgan fingerprint density at radius 3 is 1.23 bits per heavy atom. The number of carbonyl (C=O) groups is 2. The summed E-state index contributed by atoms with van der Waals surface area (Å²) in [7, 11) is 0. The standard InChI is InChI=1S/C24H26O6/c1-3-21(25)27-13-15-29-23-17-9-5-7-11-19(17)24(20-12-8-6-10-18(20)23)30-16-14-28-22(26)4-2/h5-12H,3-4,13-16H2,1-2H3. The average molecular weight is 410 g/mol. The Kier molecular flexibility index (Phi) is 7.49. The normalized spacial score (nSPS) is 10.7. The fourth-order valence-electron chi connectivity index (χ4n) is 3.16. The fraction of sp³-hybridized carbons (Fsp3) is 0.333. The highest BCUT2D eigenvalue weighted by Gasteiger charge is 2.16. The SMILES string of the molecule is CCC(=O)OCCOc1c2ccccc2c(OCCOC(=O)CC)c2ccccc12. The van der Waals surface area contributed by atoms with Crippen LogP contribution in [0.3, 0.4) is 0 Å². The minimum absolute atomic E-state index is 0.191. The Bertz CT molecular complexity index is 888. The molecule has 0 aliphatic rings. The first-order chi connectivity index (χ1) is 14.7. The second-order valence-electron chi connectivity index (χ2n) is 6.59.